The normalized spacial score (nSPS) is 14.1. The summed E-state index contributed by atoms with van der Waals surface area (Å²) in [6, 6.07) is 8.74. The summed E-state index contributed by atoms with van der Waals surface area (Å²) in [4.78, 5) is 1.30. The van der Waals surface area contributed by atoms with Crippen LogP contribution < -0.4 is 5.32 Å². The predicted molar refractivity (Wildman–Crippen MR) is 86.3 cm³/mol. The summed E-state index contributed by atoms with van der Waals surface area (Å²) < 4.78 is 2.30. The Labute approximate surface area is 130 Å². The minimum atomic E-state index is 0.900. The van der Waals surface area contributed by atoms with Crippen molar-refractivity contribution in [2.45, 2.75) is 49.9 Å². The maximum absolute atomic E-state index is 4.36. The van der Waals surface area contributed by atoms with Crippen molar-refractivity contribution in [3.8, 4) is 0 Å². The average molecular weight is 302 g/mol. The largest absolute Gasteiger partial charge is 0.314 e. The van der Waals surface area contributed by atoms with Crippen molar-refractivity contribution in [3.05, 3.63) is 41.5 Å². The van der Waals surface area contributed by atoms with E-state index in [1.54, 1.807) is 0 Å². The van der Waals surface area contributed by atoms with Crippen LogP contribution in [-0.2, 0) is 25.3 Å². The summed E-state index contributed by atoms with van der Waals surface area (Å²) in [6.07, 6.45) is 3.58. The highest BCUT2D eigenvalue weighted by atomic mass is 32.2. The monoisotopic (exact) mass is 302 g/mol. The molecule has 0 bridgehead atoms. The second-order valence-electron chi connectivity index (χ2n) is 5.36. The Hall–Kier alpha value is -1.33. The van der Waals surface area contributed by atoms with Gasteiger partial charge in [-0.05, 0) is 37.1 Å². The van der Waals surface area contributed by atoms with Crippen molar-refractivity contribution in [1.82, 2.24) is 20.1 Å². The number of aryl methyl sites for hydroxylation is 1. The van der Waals surface area contributed by atoms with Gasteiger partial charge in [0.25, 0.3) is 0 Å². The van der Waals surface area contributed by atoms with Gasteiger partial charge in [0.15, 0.2) is 0 Å². The van der Waals surface area contributed by atoms with Gasteiger partial charge in [-0.3, -0.25) is 0 Å². The molecule has 0 aliphatic carbocycles. The molecule has 3 rings (SSSR count). The first kappa shape index (κ1) is 14.6. The first-order valence-electron chi connectivity index (χ1n) is 7.70. The number of aromatic nitrogens is 3. The van der Waals surface area contributed by atoms with Gasteiger partial charge >= 0.3 is 0 Å². The second-order valence-corrected chi connectivity index (χ2v) is 6.41. The molecule has 2 heterocycles. The van der Waals surface area contributed by atoms with E-state index in [4.69, 9.17) is 0 Å². The number of benzene rings is 1. The van der Waals surface area contributed by atoms with E-state index in [-0.39, 0.29) is 0 Å². The molecular formula is C16H22N4S. The van der Waals surface area contributed by atoms with E-state index >= 15 is 0 Å². The topological polar surface area (TPSA) is 42.7 Å². The highest BCUT2D eigenvalue weighted by Crippen LogP contribution is 2.24. The average Bonchev–Trinajstić information content (AvgIpc) is 2.95. The van der Waals surface area contributed by atoms with Gasteiger partial charge in [0.05, 0.1) is 5.75 Å². The number of thioether (sulfide) groups is 1. The van der Waals surface area contributed by atoms with Crippen LogP contribution in [0.1, 0.15) is 37.0 Å². The van der Waals surface area contributed by atoms with E-state index in [0.29, 0.717) is 0 Å². The molecule has 0 unspecified atom stereocenters. The molecule has 0 spiro atoms. The summed E-state index contributed by atoms with van der Waals surface area (Å²) in [5, 5.41) is 12.0. The Morgan fingerprint density at radius 2 is 2.24 bits per heavy atom. The maximum atomic E-state index is 4.36. The fourth-order valence-corrected chi connectivity index (χ4v) is 3.56. The molecule has 5 heteroatoms. The Kier molecular flexibility index (Phi) is 4.93. The molecule has 1 aliphatic heterocycles. The number of nitrogens with one attached hydrogen (secondary N) is 1. The van der Waals surface area contributed by atoms with Crippen molar-refractivity contribution in [2.75, 3.05) is 6.54 Å². The molecule has 0 fully saturated rings. The fraction of sp³-hybridized carbons (Fsp3) is 0.500. The molecule has 1 aliphatic rings. The molecule has 0 radical (unpaired) electrons. The lowest BCUT2D eigenvalue weighted by Gasteiger charge is -2.14. The van der Waals surface area contributed by atoms with Crippen molar-refractivity contribution in [2.24, 2.45) is 0 Å². The lowest BCUT2D eigenvalue weighted by Crippen LogP contribution is -2.12. The van der Waals surface area contributed by atoms with Crippen LogP contribution in [0.25, 0.3) is 0 Å². The molecule has 0 saturated heterocycles. The van der Waals surface area contributed by atoms with E-state index in [1.165, 1.54) is 23.3 Å². The summed E-state index contributed by atoms with van der Waals surface area (Å²) in [5.41, 5.74) is 1.34. The van der Waals surface area contributed by atoms with Crippen LogP contribution in [0.3, 0.4) is 0 Å². The van der Waals surface area contributed by atoms with Gasteiger partial charge in [0.1, 0.15) is 11.6 Å². The van der Waals surface area contributed by atoms with Gasteiger partial charge in [-0.25, -0.2) is 0 Å². The van der Waals surface area contributed by atoms with E-state index in [9.17, 15) is 0 Å². The number of nitrogens with zero attached hydrogens (tertiary/aromatic N) is 3. The molecule has 0 amide bonds. The van der Waals surface area contributed by atoms with Gasteiger partial charge in [-0.2, -0.15) is 0 Å². The van der Waals surface area contributed by atoms with Gasteiger partial charge in [-0.1, -0.05) is 19.1 Å². The standard InChI is InChI=1S/C16H22N4S/c1-2-17-11-13-6-5-7-14(10-13)21-12-16-19-18-15-8-3-4-9-20(15)16/h5-7,10,17H,2-4,8-9,11-12H2,1H3. The second kappa shape index (κ2) is 7.09. The molecule has 0 atom stereocenters. The highest BCUT2D eigenvalue weighted by molar-refractivity contribution is 7.98. The molecule has 2 aromatic rings. The highest BCUT2D eigenvalue weighted by Gasteiger charge is 2.15. The van der Waals surface area contributed by atoms with Crippen LogP contribution >= 0.6 is 11.8 Å². The van der Waals surface area contributed by atoms with E-state index in [2.05, 4.69) is 51.3 Å². The Morgan fingerprint density at radius 3 is 3.14 bits per heavy atom. The third-order valence-corrected chi connectivity index (χ3v) is 4.77. The van der Waals surface area contributed by atoms with Gasteiger partial charge in [-0.15, -0.1) is 22.0 Å². The SMILES string of the molecule is CCNCc1cccc(SCc2nnc3n2CCCC3)c1. The summed E-state index contributed by atoms with van der Waals surface area (Å²) in [7, 11) is 0. The molecular weight excluding hydrogens is 280 g/mol. The molecule has 4 nitrogen and oxygen atoms in total. The van der Waals surface area contributed by atoms with Crippen molar-refractivity contribution < 1.29 is 0 Å². The Bertz CT molecular complexity index is 594. The van der Waals surface area contributed by atoms with Gasteiger partial charge < -0.3 is 9.88 Å². The van der Waals surface area contributed by atoms with Crippen LogP contribution in [0.15, 0.2) is 29.2 Å². The summed E-state index contributed by atoms with van der Waals surface area (Å²) in [5.74, 6) is 3.18. The lowest BCUT2D eigenvalue weighted by molar-refractivity contribution is 0.513. The zero-order valence-corrected chi connectivity index (χ0v) is 13.3. The molecule has 0 saturated carbocycles. The molecule has 1 aromatic carbocycles. The van der Waals surface area contributed by atoms with E-state index < -0.39 is 0 Å². The maximum Gasteiger partial charge on any atom is 0.143 e. The van der Waals surface area contributed by atoms with Crippen LogP contribution in [0.4, 0.5) is 0 Å². The Morgan fingerprint density at radius 1 is 1.29 bits per heavy atom. The van der Waals surface area contributed by atoms with Crippen molar-refractivity contribution in [3.63, 3.8) is 0 Å². The zero-order valence-electron chi connectivity index (χ0n) is 12.5. The van der Waals surface area contributed by atoms with E-state index in [0.717, 1.165) is 43.5 Å². The molecule has 112 valence electrons. The molecule has 21 heavy (non-hydrogen) atoms. The fourth-order valence-electron chi connectivity index (χ4n) is 2.64. The van der Waals surface area contributed by atoms with Crippen LogP contribution in [0, 0.1) is 0 Å². The van der Waals surface area contributed by atoms with Crippen LogP contribution in [0.5, 0.6) is 0 Å². The molecule has 1 aromatic heterocycles. The quantitative estimate of drug-likeness (QED) is 0.833. The smallest absolute Gasteiger partial charge is 0.143 e. The minimum Gasteiger partial charge on any atom is -0.314 e. The first-order chi connectivity index (χ1) is 10.4. The van der Waals surface area contributed by atoms with Crippen LogP contribution in [0.2, 0.25) is 0 Å². The first-order valence-corrected chi connectivity index (χ1v) is 8.69. The van der Waals surface area contributed by atoms with Crippen LogP contribution in [-0.4, -0.2) is 21.3 Å². The summed E-state index contributed by atoms with van der Waals surface area (Å²) in [6.45, 7) is 5.15. The van der Waals surface area contributed by atoms with Crippen molar-refractivity contribution >= 4 is 11.8 Å². The predicted octanol–water partition coefficient (Wildman–Crippen LogP) is 3.02. The third-order valence-electron chi connectivity index (χ3n) is 3.78. The van der Waals surface area contributed by atoms with Gasteiger partial charge in [0, 0.05) is 24.4 Å². The zero-order chi connectivity index (χ0) is 14.5. The molecule has 1 N–H and O–H groups in total. The number of rotatable bonds is 6. The number of fused-ring (bicyclic) bond motifs is 1. The lowest BCUT2D eigenvalue weighted by atomic mass is 10.2. The third kappa shape index (κ3) is 3.66. The number of hydrogen-bond acceptors (Lipinski definition) is 4. The minimum absolute atomic E-state index is 0.900. The number of hydrogen-bond donors (Lipinski definition) is 1. The van der Waals surface area contributed by atoms with Crippen molar-refractivity contribution in [1.29, 1.82) is 0 Å². The van der Waals surface area contributed by atoms with Gasteiger partial charge in [0.2, 0.25) is 0 Å². The van der Waals surface area contributed by atoms with E-state index in [1.807, 2.05) is 11.8 Å². The Balaban J connectivity index is 1.63. The summed E-state index contributed by atoms with van der Waals surface area (Å²) >= 11 is 1.85.